The molecular weight excluding hydrogens is 380 g/mol. The minimum absolute atomic E-state index is 0.299. The highest BCUT2D eigenvalue weighted by atomic mass is 35.5. The molecule has 7 nitrogen and oxygen atoms in total. The van der Waals surface area contributed by atoms with Crippen molar-refractivity contribution in [3.63, 3.8) is 0 Å². The number of anilines is 1. The molecule has 0 spiro atoms. The standard InChI is InChI=1S/C20H27ClN4O3/c21-16-11-14(5-6-18(16)24-20-23-8-9-27-20)19(26)25-28-12-15(10-13-3-4-13)17-2-1-7-22-17/h5-6,11,13,15,17,22H,1-4,7-10,12H2,(H,23,24)(H,25,26). The van der Waals surface area contributed by atoms with E-state index in [1.54, 1.807) is 18.2 Å². The Balaban J connectivity index is 1.28. The van der Waals surface area contributed by atoms with E-state index in [2.05, 4.69) is 21.1 Å². The summed E-state index contributed by atoms with van der Waals surface area (Å²) in [5, 5.41) is 7.00. The number of hydrogen-bond acceptors (Lipinski definition) is 6. The zero-order valence-electron chi connectivity index (χ0n) is 15.9. The highest BCUT2D eigenvalue weighted by molar-refractivity contribution is 6.34. The summed E-state index contributed by atoms with van der Waals surface area (Å²) in [5.74, 6) is 0.976. The summed E-state index contributed by atoms with van der Waals surface area (Å²) in [6.07, 6.45) is 6.23. The fourth-order valence-electron chi connectivity index (χ4n) is 3.80. The minimum atomic E-state index is -0.299. The molecule has 1 saturated heterocycles. The molecule has 1 amide bonds. The van der Waals surface area contributed by atoms with Crippen LogP contribution < -0.4 is 16.1 Å². The topological polar surface area (TPSA) is 84.0 Å². The molecule has 1 aromatic rings. The Morgan fingerprint density at radius 1 is 1.39 bits per heavy atom. The van der Waals surface area contributed by atoms with Gasteiger partial charge in [0.1, 0.15) is 6.61 Å². The van der Waals surface area contributed by atoms with E-state index in [1.807, 2.05) is 0 Å². The Bertz CT molecular complexity index is 732. The minimum Gasteiger partial charge on any atom is -0.463 e. The second kappa shape index (κ2) is 9.11. The Kier molecular flexibility index (Phi) is 6.34. The van der Waals surface area contributed by atoms with Crippen LogP contribution in [0.3, 0.4) is 0 Å². The van der Waals surface area contributed by atoms with Crippen molar-refractivity contribution in [2.24, 2.45) is 16.8 Å². The number of amides is 1. The summed E-state index contributed by atoms with van der Waals surface area (Å²) < 4.78 is 5.31. The molecule has 2 unspecified atom stereocenters. The van der Waals surface area contributed by atoms with Crippen LogP contribution in [0.5, 0.6) is 0 Å². The lowest BCUT2D eigenvalue weighted by atomic mass is 9.93. The van der Waals surface area contributed by atoms with Gasteiger partial charge in [0.2, 0.25) is 0 Å². The van der Waals surface area contributed by atoms with Gasteiger partial charge in [-0.25, -0.2) is 10.5 Å². The summed E-state index contributed by atoms with van der Waals surface area (Å²) in [6.45, 7) is 2.81. The third-order valence-corrected chi connectivity index (χ3v) is 5.83. The first-order valence-electron chi connectivity index (χ1n) is 10.1. The summed E-state index contributed by atoms with van der Waals surface area (Å²) in [6, 6.07) is 5.99. The summed E-state index contributed by atoms with van der Waals surface area (Å²) in [7, 11) is 0. The van der Waals surface area contributed by atoms with Gasteiger partial charge in [-0.05, 0) is 49.9 Å². The van der Waals surface area contributed by atoms with Gasteiger partial charge < -0.3 is 15.4 Å². The van der Waals surface area contributed by atoms with Crippen molar-refractivity contribution in [3.05, 3.63) is 28.8 Å². The number of hydroxylamine groups is 1. The fraction of sp³-hybridized carbons (Fsp3) is 0.600. The van der Waals surface area contributed by atoms with Crippen LogP contribution in [0.15, 0.2) is 23.2 Å². The van der Waals surface area contributed by atoms with Crippen LogP contribution in [0.25, 0.3) is 0 Å². The highest BCUT2D eigenvalue weighted by Gasteiger charge is 2.31. The molecule has 28 heavy (non-hydrogen) atoms. The molecule has 0 radical (unpaired) electrons. The average molecular weight is 407 g/mol. The number of rotatable bonds is 8. The largest absolute Gasteiger partial charge is 0.463 e. The second-order valence-electron chi connectivity index (χ2n) is 7.74. The number of benzene rings is 1. The number of aliphatic imine (C=N–C) groups is 1. The molecular formula is C20H27ClN4O3. The lowest BCUT2D eigenvalue weighted by Gasteiger charge is -2.23. The molecule has 2 heterocycles. The SMILES string of the molecule is O=C(NOCC(CC1CC1)C1CCCN1)c1ccc(NC2=NCCO2)c(Cl)c1. The molecule has 1 saturated carbocycles. The van der Waals surface area contributed by atoms with Gasteiger partial charge in [-0.3, -0.25) is 9.63 Å². The molecule has 2 aliphatic heterocycles. The number of nitrogens with one attached hydrogen (secondary N) is 3. The average Bonchev–Trinajstić information content (AvgIpc) is 3.12. The Morgan fingerprint density at radius 2 is 2.29 bits per heavy atom. The Labute approximate surface area is 170 Å². The maximum Gasteiger partial charge on any atom is 0.289 e. The van der Waals surface area contributed by atoms with Gasteiger partial charge in [-0.2, -0.15) is 0 Å². The summed E-state index contributed by atoms with van der Waals surface area (Å²) in [4.78, 5) is 22.2. The highest BCUT2D eigenvalue weighted by Crippen LogP contribution is 2.37. The number of carbonyl (C=O) groups excluding carboxylic acids is 1. The maximum absolute atomic E-state index is 12.4. The van der Waals surface area contributed by atoms with Crippen molar-refractivity contribution < 1.29 is 14.4 Å². The van der Waals surface area contributed by atoms with Crippen LogP contribution in [-0.2, 0) is 9.57 Å². The van der Waals surface area contributed by atoms with Gasteiger partial charge in [0.05, 0.1) is 23.9 Å². The van der Waals surface area contributed by atoms with Crippen LogP contribution in [0.1, 0.15) is 42.5 Å². The molecule has 1 aliphatic carbocycles. The third kappa shape index (κ3) is 5.16. The molecule has 8 heteroatoms. The smallest absolute Gasteiger partial charge is 0.289 e. The van der Waals surface area contributed by atoms with E-state index in [0.29, 0.717) is 54.0 Å². The number of hydrogen-bond donors (Lipinski definition) is 3. The lowest BCUT2D eigenvalue weighted by Crippen LogP contribution is -2.36. The predicted octanol–water partition coefficient (Wildman–Crippen LogP) is 2.97. The third-order valence-electron chi connectivity index (χ3n) is 5.52. The van der Waals surface area contributed by atoms with Crippen molar-refractivity contribution in [2.75, 3.05) is 31.6 Å². The number of nitrogens with zero attached hydrogens (tertiary/aromatic N) is 1. The first-order valence-corrected chi connectivity index (χ1v) is 10.5. The number of halogens is 1. The molecule has 1 aromatic carbocycles. The van der Waals surface area contributed by atoms with E-state index in [4.69, 9.17) is 21.2 Å². The summed E-state index contributed by atoms with van der Waals surface area (Å²) in [5.41, 5.74) is 3.67. The first kappa shape index (κ1) is 19.5. The molecule has 4 rings (SSSR count). The van der Waals surface area contributed by atoms with E-state index in [9.17, 15) is 4.79 Å². The Morgan fingerprint density at radius 3 is 2.96 bits per heavy atom. The van der Waals surface area contributed by atoms with Crippen molar-refractivity contribution in [1.29, 1.82) is 0 Å². The van der Waals surface area contributed by atoms with E-state index >= 15 is 0 Å². The molecule has 0 bridgehead atoms. The van der Waals surface area contributed by atoms with Gasteiger partial charge >= 0.3 is 0 Å². The number of ether oxygens (including phenoxy) is 1. The molecule has 0 aromatic heterocycles. The number of amidine groups is 1. The molecule has 2 fully saturated rings. The van der Waals surface area contributed by atoms with Crippen LogP contribution in [0.4, 0.5) is 5.69 Å². The van der Waals surface area contributed by atoms with Crippen LogP contribution in [0, 0.1) is 11.8 Å². The van der Waals surface area contributed by atoms with Crippen LogP contribution >= 0.6 is 11.6 Å². The molecule has 3 N–H and O–H groups in total. The van der Waals surface area contributed by atoms with Crippen molar-refractivity contribution in [2.45, 2.75) is 38.1 Å². The first-order chi connectivity index (χ1) is 13.7. The normalized spacial score (nSPS) is 22.5. The van der Waals surface area contributed by atoms with Crippen molar-refractivity contribution in [1.82, 2.24) is 10.8 Å². The van der Waals surface area contributed by atoms with Crippen LogP contribution in [-0.4, -0.2) is 44.3 Å². The van der Waals surface area contributed by atoms with Crippen molar-refractivity contribution in [3.8, 4) is 0 Å². The van der Waals surface area contributed by atoms with E-state index in [0.717, 1.165) is 12.5 Å². The van der Waals surface area contributed by atoms with Gasteiger partial charge in [0, 0.05) is 17.5 Å². The quantitative estimate of drug-likeness (QED) is 0.578. The van der Waals surface area contributed by atoms with Crippen molar-refractivity contribution >= 4 is 29.2 Å². The van der Waals surface area contributed by atoms with E-state index < -0.39 is 0 Å². The van der Waals surface area contributed by atoms with E-state index in [1.165, 1.54) is 32.1 Å². The van der Waals surface area contributed by atoms with Gasteiger partial charge in [0.15, 0.2) is 0 Å². The zero-order valence-corrected chi connectivity index (χ0v) is 16.6. The monoisotopic (exact) mass is 406 g/mol. The fourth-order valence-corrected chi connectivity index (χ4v) is 4.03. The molecule has 2 atom stereocenters. The lowest BCUT2D eigenvalue weighted by molar-refractivity contribution is 0.00881. The second-order valence-corrected chi connectivity index (χ2v) is 8.15. The van der Waals surface area contributed by atoms with Gasteiger partial charge in [-0.15, -0.1) is 0 Å². The van der Waals surface area contributed by atoms with Gasteiger partial charge in [0.25, 0.3) is 11.9 Å². The maximum atomic E-state index is 12.4. The molecule has 152 valence electrons. The van der Waals surface area contributed by atoms with Crippen LogP contribution in [0.2, 0.25) is 5.02 Å². The predicted molar refractivity (Wildman–Crippen MR) is 109 cm³/mol. The van der Waals surface area contributed by atoms with E-state index in [-0.39, 0.29) is 5.91 Å². The summed E-state index contributed by atoms with van der Waals surface area (Å²) >= 11 is 6.28. The number of carbonyl (C=O) groups is 1. The van der Waals surface area contributed by atoms with Gasteiger partial charge in [-0.1, -0.05) is 24.4 Å². The Hall–Kier alpha value is -1.83. The zero-order chi connectivity index (χ0) is 19.3. The molecule has 3 aliphatic rings.